The molecule has 0 radical (unpaired) electrons. The van der Waals surface area contributed by atoms with Gasteiger partial charge in [0.1, 0.15) is 0 Å². The van der Waals surface area contributed by atoms with E-state index in [1.165, 1.54) is 31.5 Å². The number of nitrogens with zero attached hydrogens (tertiary/aromatic N) is 2. The van der Waals surface area contributed by atoms with Gasteiger partial charge in [0, 0.05) is 24.8 Å². The van der Waals surface area contributed by atoms with Crippen molar-refractivity contribution in [3.05, 3.63) is 58.9 Å². The Morgan fingerprint density at radius 1 is 1.21 bits per heavy atom. The summed E-state index contributed by atoms with van der Waals surface area (Å²) in [5.41, 5.74) is 2.01. The average Bonchev–Trinajstić information content (AvgIpc) is 3.41. The Labute approximate surface area is 168 Å². The summed E-state index contributed by atoms with van der Waals surface area (Å²) in [6.45, 7) is 2.42. The summed E-state index contributed by atoms with van der Waals surface area (Å²) in [5.74, 6) is 0.630. The number of anilines is 1. The second-order valence-corrected chi connectivity index (χ2v) is 8.02. The first-order valence-corrected chi connectivity index (χ1v) is 9.96. The first kappa shape index (κ1) is 19.7. The SMILES string of the molecule is Cc1ncc(N2CCC(NC(=O)Cc3ccc(C4CC4)cc3)C2)cc1C(F)(F)F. The molecule has 154 valence electrons. The van der Waals surface area contributed by atoms with Crippen LogP contribution in [0.25, 0.3) is 0 Å². The minimum Gasteiger partial charge on any atom is -0.368 e. The van der Waals surface area contributed by atoms with Crippen LogP contribution in [-0.4, -0.2) is 30.0 Å². The topological polar surface area (TPSA) is 45.2 Å². The third-order valence-electron chi connectivity index (χ3n) is 5.69. The van der Waals surface area contributed by atoms with Gasteiger partial charge in [0.15, 0.2) is 0 Å². The van der Waals surface area contributed by atoms with Crippen LogP contribution in [0, 0.1) is 6.92 Å². The number of nitrogens with one attached hydrogen (secondary N) is 1. The third-order valence-corrected chi connectivity index (χ3v) is 5.69. The van der Waals surface area contributed by atoms with Crippen molar-refractivity contribution >= 4 is 11.6 Å². The molecule has 0 spiro atoms. The fourth-order valence-electron chi connectivity index (χ4n) is 3.88. The summed E-state index contributed by atoms with van der Waals surface area (Å²) in [7, 11) is 0. The highest BCUT2D eigenvalue weighted by molar-refractivity contribution is 5.79. The zero-order chi connectivity index (χ0) is 20.6. The van der Waals surface area contributed by atoms with Crippen molar-refractivity contribution in [2.45, 2.75) is 50.7 Å². The second kappa shape index (κ2) is 7.69. The molecule has 4 nitrogen and oxygen atoms in total. The number of pyridine rings is 1. The smallest absolute Gasteiger partial charge is 0.368 e. The lowest BCUT2D eigenvalue weighted by atomic mass is 10.1. The lowest BCUT2D eigenvalue weighted by Crippen LogP contribution is -2.38. The van der Waals surface area contributed by atoms with Gasteiger partial charge in [-0.1, -0.05) is 24.3 Å². The Kier molecular flexibility index (Phi) is 5.23. The predicted molar refractivity (Wildman–Crippen MR) is 105 cm³/mol. The van der Waals surface area contributed by atoms with E-state index in [1.54, 1.807) is 0 Å². The third kappa shape index (κ3) is 4.71. The molecule has 29 heavy (non-hydrogen) atoms. The number of alkyl halides is 3. The Morgan fingerprint density at radius 2 is 1.93 bits per heavy atom. The maximum atomic E-state index is 13.1. The molecule has 1 atom stereocenters. The largest absolute Gasteiger partial charge is 0.418 e. The predicted octanol–water partition coefficient (Wildman–Crippen LogP) is 4.22. The van der Waals surface area contributed by atoms with Gasteiger partial charge in [-0.05, 0) is 49.3 Å². The number of carbonyl (C=O) groups is 1. The van der Waals surface area contributed by atoms with E-state index in [-0.39, 0.29) is 17.6 Å². The summed E-state index contributed by atoms with van der Waals surface area (Å²) < 4.78 is 39.4. The molecule has 1 aliphatic heterocycles. The van der Waals surface area contributed by atoms with E-state index in [2.05, 4.69) is 22.4 Å². The quantitative estimate of drug-likeness (QED) is 0.813. The molecule has 1 aromatic heterocycles. The van der Waals surface area contributed by atoms with Crippen LogP contribution in [-0.2, 0) is 17.4 Å². The maximum absolute atomic E-state index is 13.1. The number of carbonyl (C=O) groups excluding carboxylic acids is 1. The van der Waals surface area contributed by atoms with Gasteiger partial charge in [-0.15, -0.1) is 0 Å². The molecule has 1 aliphatic carbocycles. The fraction of sp³-hybridized carbons (Fsp3) is 0.455. The molecule has 2 aromatic rings. The molecule has 2 fully saturated rings. The van der Waals surface area contributed by atoms with Crippen molar-refractivity contribution in [3.8, 4) is 0 Å². The Hall–Kier alpha value is -2.57. The van der Waals surface area contributed by atoms with Crippen molar-refractivity contribution in [2.75, 3.05) is 18.0 Å². The molecule has 2 heterocycles. The van der Waals surface area contributed by atoms with Crippen molar-refractivity contribution in [1.29, 1.82) is 0 Å². The lowest BCUT2D eigenvalue weighted by Gasteiger charge is -2.21. The van der Waals surface area contributed by atoms with E-state index < -0.39 is 11.7 Å². The molecular formula is C22H24F3N3O. The second-order valence-electron chi connectivity index (χ2n) is 8.02. The summed E-state index contributed by atoms with van der Waals surface area (Å²) in [4.78, 5) is 18.1. The number of hydrogen-bond acceptors (Lipinski definition) is 3. The van der Waals surface area contributed by atoms with Crippen LogP contribution in [0.4, 0.5) is 18.9 Å². The first-order valence-electron chi connectivity index (χ1n) is 9.96. The van der Waals surface area contributed by atoms with Gasteiger partial charge in [-0.25, -0.2) is 0 Å². The molecule has 2 aliphatic rings. The molecule has 1 saturated heterocycles. The lowest BCUT2D eigenvalue weighted by molar-refractivity contribution is -0.138. The summed E-state index contributed by atoms with van der Waals surface area (Å²) in [5, 5.41) is 3.01. The molecule has 7 heteroatoms. The number of hydrogen-bond donors (Lipinski definition) is 1. The molecule has 1 saturated carbocycles. The maximum Gasteiger partial charge on any atom is 0.418 e. The number of aryl methyl sites for hydroxylation is 1. The highest BCUT2D eigenvalue weighted by atomic mass is 19.4. The van der Waals surface area contributed by atoms with E-state index in [9.17, 15) is 18.0 Å². The monoisotopic (exact) mass is 403 g/mol. The van der Waals surface area contributed by atoms with Gasteiger partial charge in [-0.2, -0.15) is 13.2 Å². The van der Waals surface area contributed by atoms with Crippen LogP contribution in [0.5, 0.6) is 0 Å². The van der Waals surface area contributed by atoms with Crippen LogP contribution in [0.15, 0.2) is 36.5 Å². The standard InChI is InChI=1S/C22H24F3N3O/c1-14-20(22(23,24)25)11-19(12-26-14)28-9-8-18(13-28)27-21(29)10-15-2-4-16(5-3-15)17-6-7-17/h2-5,11-12,17-18H,6-10,13H2,1H3,(H,27,29). The number of benzene rings is 1. The van der Waals surface area contributed by atoms with E-state index >= 15 is 0 Å². The zero-order valence-corrected chi connectivity index (χ0v) is 16.3. The van der Waals surface area contributed by atoms with Crippen LogP contribution < -0.4 is 10.2 Å². The number of amides is 1. The molecule has 1 aromatic carbocycles. The Balaban J connectivity index is 1.33. The molecule has 4 rings (SSSR count). The number of aromatic nitrogens is 1. The van der Waals surface area contributed by atoms with Crippen molar-refractivity contribution in [2.24, 2.45) is 0 Å². The van der Waals surface area contributed by atoms with Crippen molar-refractivity contribution in [1.82, 2.24) is 10.3 Å². The van der Waals surface area contributed by atoms with E-state index in [0.29, 0.717) is 37.5 Å². The van der Waals surface area contributed by atoms with Gasteiger partial charge in [0.2, 0.25) is 5.91 Å². The average molecular weight is 403 g/mol. The van der Waals surface area contributed by atoms with Gasteiger partial charge in [0.25, 0.3) is 0 Å². The van der Waals surface area contributed by atoms with Crippen molar-refractivity contribution < 1.29 is 18.0 Å². The van der Waals surface area contributed by atoms with E-state index in [4.69, 9.17) is 0 Å². The van der Waals surface area contributed by atoms with Crippen molar-refractivity contribution in [3.63, 3.8) is 0 Å². The van der Waals surface area contributed by atoms with Crippen LogP contribution >= 0.6 is 0 Å². The molecule has 1 amide bonds. The first-order chi connectivity index (χ1) is 13.8. The minimum atomic E-state index is -4.42. The van der Waals surface area contributed by atoms with Crippen LogP contribution in [0.2, 0.25) is 0 Å². The normalized spacial score (nSPS) is 19.4. The van der Waals surface area contributed by atoms with Crippen LogP contribution in [0.3, 0.4) is 0 Å². The molecular weight excluding hydrogens is 379 g/mol. The highest BCUT2D eigenvalue weighted by Gasteiger charge is 2.34. The van der Waals surface area contributed by atoms with E-state index in [0.717, 1.165) is 11.6 Å². The van der Waals surface area contributed by atoms with Gasteiger partial charge in [0.05, 0.1) is 23.9 Å². The fourth-order valence-corrected chi connectivity index (χ4v) is 3.88. The summed E-state index contributed by atoms with van der Waals surface area (Å²) in [6.07, 6.45) is 0.553. The summed E-state index contributed by atoms with van der Waals surface area (Å²) in [6, 6.07) is 9.27. The molecule has 1 unspecified atom stereocenters. The van der Waals surface area contributed by atoms with E-state index in [1.807, 2.05) is 17.0 Å². The van der Waals surface area contributed by atoms with Gasteiger partial charge in [-0.3, -0.25) is 9.78 Å². The van der Waals surface area contributed by atoms with Gasteiger partial charge < -0.3 is 10.2 Å². The number of halogens is 3. The van der Waals surface area contributed by atoms with Crippen LogP contribution in [0.1, 0.15) is 47.6 Å². The Morgan fingerprint density at radius 3 is 2.59 bits per heavy atom. The zero-order valence-electron chi connectivity index (χ0n) is 16.3. The molecule has 1 N–H and O–H groups in total. The Bertz CT molecular complexity index is 891. The minimum absolute atomic E-state index is 0.0296. The summed E-state index contributed by atoms with van der Waals surface area (Å²) >= 11 is 0. The molecule has 0 bridgehead atoms. The number of rotatable bonds is 5. The highest BCUT2D eigenvalue weighted by Crippen LogP contribution is 2.40. The van der Waals surface area contributed by atoms with Gasteiger partial charge >= 0.3 is 6.18 Å².